The van der Waals surface area contributed by atoms with Gasteiger partial charge >= 0.3 is 5.97 Å². The zero-order valence-corrected chi connectivity index (χ0v) is 10.9. The second-order valence-corrected chi connectivity index (χ2v) is 4.69. The van der Waals surface area contributed by atoms with Crippen molar-refractivity contribution in [3.8, 4) is 0 Å². The number of nitrogens with two attached hydrogens (primary N) is 1. The van der Waals surface area contributed by atoms with Crippen molar-refractivity contribution < 1.29 is 19.3 Å². The van der Waals surface area contributed by atoms with Crippen LogP contribution in [0.2, 0.25) is 0 Å². The van der Waals surface area contributed by atoms with Gasteiger partial charge in [0.05, 0.1) is 0 Å². The number of hydrogen-bond acceptors (Lipinski definition) is 6. The Morgan fingerprint density at radius 2 is 2.10 bits per heavy atom. The van der Waals surface area contributed by atoms with Gasteiger partial charge in [0.2, 0.25) is 11.5 Å². The molecule has 1 unspecified atom stereocenters. The number of nitrogens with zero attached hydrogens (tertiary/aromatic N) is 3. The largest absolute Gasteiger partial charge is 0.479 e. The van der Waals surface area contributed by atoms with Crippen LogP contribution in [0.1, 0.15) is 27.7 Å². The Kier molecular flexibility index (Phi) is 3.05. The smallest absolute Gasteiger partial charge is 0.331 e. The lowest BCUT2D eigenvalue weighted by molar-refractivity contribution is -0.143. The molecule has 108 valence electrons. The molecule has 3 rings (SSSR count). The van der Waals surface area contributed by atoms with Gasteiger partial charge in [-0.2, -0.15) is 0 Å². The van der Waals surface area contributed by atoms with Crippen LogP contribution in [-0.2, 0) is 11.2 Å². The Hall–Kier alpha value is -2.90. The Morgan fingerprint density at radius 1 is 1.33 bits per heavy atom. The van der Waals surface area contributed by atoms with E-state index in [9.17, 15) is 14.7 Å². The van der Waals surface area contributed by atoms with Crippen molar-refractivity contribution in [3.63, 3.8) is 0 Å². The molecule has 1 aliphatic heterocycles. The molecule has 0 saturated carbocycles. The van der Waals surface area contributed by atoms with Crippen molar-refractivity contribution in [1.29, 1.82) is 0 Å². The first-order valence-corrected chi connectivity index (χ1v) is 6.29. The highest BCUT2D eigenvalue weighted by Gasteiger charge is 2.37. The van der Waals surface area contributed by atoms with Gasteiger partial charge in [0.15, 0.2) is 6.04 Å². The molecule has 1 aliphatic rings. The number of carbonyl (C=O) groups is 2. The molecule has 0 spiro atoms. The number of anilines is 1. The number of carbonyl (C=O) groups excluding carboxylic acids is 1. The van der Waals surface area contributed by atoms with Gasteiger partial charge < -0.3 is 15.7 Å². The molecule has 1 aromatic heterocycles. The number of amides is 1. The summed E-state index contributed by atoms with van der Waals surface area (Å²) in [6.45, 7) is 0.263. The van der Waals surface area contributed by atoms with E-state index in [0.717, 1.165) is 5.56 Å². The van der Waals surface area contributed by atoms with Crippen LogP contribution in [0.4, 0.5) is 5.82 Å². The van der Waals surface area contributed by atoms with Crippen molar-refractivity contribution in [2.75, 3.05) is 12.3 Å². The molecule has 0 saturated heterocycles. The van der Waals surface area contributed by atoms with Gasteiger partial charge in [-0.15, -0.1) is 0 Å². The molecule has 3 N–H and O–H groups in total. The fourth-order valence-corrected chi connectivity index (χ4v) is 2.53. The molecule has 1 aromatic carbocycles. The fourth-order valence-electron chi connectivity index (χ4n) is 2.53. The standard InChI is InChI=1S/C13H12N4O4/c14-11-9(15-21-16-11)12(18)17-6-5-7-3-1-2-4-8(7)10(17)13(19)20/h1-4,10H,5-6H2,(H2,14,16)(H,19,20). The van der Waals surface area contributed by atoms with Crippen LogP contribution >= 0.6 is 0 Å². The average molecular weight is 288 g/mol. The van der Waals surface area contributed by atoms with Gasteiger partial charge in [0.1, 0.15) is 0 Å². The van der Waals surface area contributed by atoms with Gasteiger partial charge in [-0.1, -0.05) is 24.3 Å². The minimum absolute atomic E-state index is 0.150. The first kappa shape index (κ1) is 13.1. The summed E-state index contributed by atoms with van der Waals surface area (Å²) in [4.78, 5) is 25.3. The average Bonchev–Trinajstić information content (AvgIpc) is 2.91. The lowest BCUT2D eigenvalue weighted by Gasteiger charge is -2.34. The van der Waals surface area contributed by atoms with Crippen LogP contribution in [0.25, 0.3) is 0 Å². The minimum atomic E-state index is -1.11. The molecule has 2 aromatic rings. The Labute approximate surface area is 119 Å². The number of carboxylic acid groups (broad SMARTS) is 1. The third kappa shape index (κ3) is 2.10. The fraction of sp³-hybridized carbons (Fsp3) is 0.231. The van der Waals surface area contributed by atoms with E-state index >= 15 is 0 Å². The summed E-state index contributed by atoms with van der Waals surface area (Å²) in [7, 11) is 0. The first-order valence-electron chi connectivity index (χ1n) is 6.29. The molecular weight excluding hydrogens is 276 g/mol. The van der Waals surface area contributed by atoms with E-state index in [1.54, 1.807) is 12.1 Å². The van der Waals surface area contributed by atoms with Gasteiger partial charge in [-0.25, -0.2) is 9.42 Å². The third-order valence-electron chi connectivity index (χ3n) is 3.49. The van der Waals surface area contributed by atoms with Crippen LogP contribution < -0.4 is 5.73 Å². The van der Waals surface area contributed by atoms with Gasteiger partial charge in [-0.05, 0) is 27.9 Å². The number of benzene rings is 1. The molecular formula is C13H12N4O4. The van der Waals surface area contributed by atoms with E-state index in [4.69, 9.17) is 5.73 Å². The van der Waals surface area contributed by atoms with E-state index in [1.807, 2.05) is 12.1 Å². The van der Waals surface area contributed by atoms with Crippen molar-refractivity contribution >= 4 is 17.7 Å². The Balaban J connectivity index is 2.02. The summed E-state index contributed by atoms with van der Waals surface area (Å²) in [6, 6.07) is 6.08. The van der Waals surface area contributed by atoms with Crippen LogP contribution in [0.3, 0.4) is 0 Å². The number of aliphatic carboxylic acids is 1. The predicted molar refractivity (Wildman–Crippen MR) is 70.3 cm³/mol. The number of rotatable bonds is 2. The maximum Gasteiger partial charge on any atom is 0.331 e. The summed E-state index contributed by atoms with van der Waals surface area (Å²) < 4.78 is 4.40. The lowest BCUT2D eigenvalue weighted by Crippen LogP contribution is -2.43. The first-order chi connectivity index (χ1) is 10.1. The van der Waals surface area contributed by atoms with Crippen LogP contribution in [0.15, 0.2) is 28.9 Å². The molecule has 0 radical (unpaired) electrons. The summed E-state index contributed by atoms with van der Waals surface area (Å²) in [5, 5.41) is 16.3. The minimum Gasteiger partial charge on any atom is -0.479 e. The van der Waals surface area contributed by atoms with Gasteiger partial charge in [0.25, 0.3) is 5.91 Å². The number of fused-ring (bicyclic) bond motifs is 1. The monoisotopic (exact) mass is 288 g/mol. The number of aromatic nitrogens is 2. The molecule has 1 atom stereocenters. The van der Waals surface area contributed by atoms with E-state index in [1.165, 1.54) is 4.90 Å². The van der Waals surface area contributed by atoms with E-state index in [2.05, 4.69) is 14.9 Å². The summed E-state index contributed by atoms with van der Waals surface area (Å²) in [6.07, 6.45) is 0.566. The normalized spacial score (nSPS) is 17.3. The molecule has 1 amide bonds. The maximum absolute atomic E-state index is 12.4. The SMILES string of the molecule is Nc1nonc1C(=O)N1CCc2ccccc2C1C(=O)O. The number of nitrogen functional groups attached to an aromatic ring is 1. The molecule has 2 heterocycles. The molecule has 0 aliphatic carbocycles. The van der Waals surface area contributed by atoms with Crippen molar-refractivity contribution in [3.05, 3.63) is 41.1 Å². The third-order valence-corrected chi connectivity index (χ3v) is 3.49. The van der Waals surface area contributed by atoms with E-state index in [0.29, 0.717) is 12.0 Å². The van der Waals surface area contributed by atoms with E-state index < -0.39 is 17.9 Å². The summed E-state index contributed by atoms with van der Waals surface area (Å²) >= 11 is 0. The van der Waals surface area contributed by atoms with Crippen LogP contribution in [0.5, 0.6) is 0 Å². The quantitative estimate of drug-likeness (QED) is 0.823. The highest BCUT2D eigenvalue weighted by molar-refractivity contribution is 5.98. The number of hydrogen-bond donors (Lipinski definition) is 2. The highest BCUT2D eigenvalue weighted by Crippen LogP contribution is 2.31. The van der Waals surface area contributed by atoms with E-state index in [-0.39, 0.29) is 18.1 Å². The van der Waals surface area contributed by atoms with Crippen molar-refractivity contribution in [2.45, 2.75) is 12.5 Å². The Bertz CT molecular complexity index is 712. The zero-order chi connectivity index (χ0) is 15.0. The Morgan fingerprint density at radius 3 is 2.76 bits per heavy atom. The lowest BCUT2D eigenvalue weighted by atomic mass is 9.92. The highest BCUT2D eigenvalue weighted by atomic mass is 16.6. The molecule has 8 nitrogen and oxygen atoms in total. The molecule has 21 heavy (non-hydrogen) atoms. The maximum atomic E-state index is 12.4. The second-order valence-electron chi connectivity index (χ2n) is 4.69. The topological polar surface area (TPSA) is 123 Å². The number of carboxylic acids is 1. The zero-order valence-electron chi connectivity index (χ0n) is 10.9. The summed E-state index contributed by atoms with van der Waals surface area (Å²) in [5.41, 5.74) is 6.85. The van der Waals surface area contributed by atoms with Gasteiger partial charge in [-0.3, -0.25) is 4.79 Å². The molecule has 0 bridgehead atoms. The second kappa shape index (κ2) is 4.89. The molecule has 0 fully saturated rings. The van der Waals surface area contributed by atoms with Crippen LogP contribution in [0, 0.1) is 0 Å². The summed E-state index contributed by atoms with van der Waals surface area (Å²) in [5.74, 6) is -1.86. The van der Waals surface area contributed by atoms with Crippen LogP contribution in [-0.4, -0.2) is 38.7 Å². The van der Waals surface area contributed by atoms with Crippen molar-refractivity contribution in [1.82, 2.24) is 15.2 Å². The van der Waals surface area contributed by atoms with Gasteiger partial charge in [0, 0.05) is 6.54 Å². The molecule has 8 heteroatoms. The predicted octanol–water partition coefficient (Wildman–Crippen LogP) is 0.476. The van der Waals surface area contributed by atoms with Crippen molar-refractivity contribution in [2.24, 2.45) is 0 Å².